The lowest BCUT2D eigenvalue weighted by atomic mass is 9.93. The molecule has 2 aromatic heterocycles. The van der Waals surface area contributed by atoms with E-state index >= 15 is 0 Å². The molecule has 0 bridgehead atoms. The van der Waals surface area contributed by atoms with Gasteiger partial charge in [-0.3, -0.25) is 0 Å². The zero-order valence-electron chi connectivity index (χ0n) is 22.7. The van der Waals surface area contributed by atoms with Gasteiger partial charge in [0.05, 0.1) is 29.5 Å². The first-order valence-electron chi connectivity index (χ1n) is 13.4. The maximum absolute atomic E-state index is 14.8. The molecule has 5 aromatic rings. The third-order valence-electron chi connectivity index (χ3n) is 7.49. The summed E-state index contributed by atoms with van der Waals surface area (Å²) in [5.74, 6) is -1.75. The van der Waals surface area contributed by atoms with E-state index in [2.05, 4.69) is 25.0 Å². The fourth-order valence-corrected chi connectivity index (χ4v) is 5.84. The highest BCUT2D eigenvalue weighted by atomic mass is 35.5. The van der Waals surface area contributed by atoms with E-state index in [-0.39, 0.29) is 12.1 Å². The molecule has 43 heavy (non-hydrogen) atoms. The SMILES string of the molecule is O=c1n(-c2ccc(N3CCN(c4ccc(Cl)cc4Cl)CC3)cc2)cnn1CC(O)(Cn1cncn1)c1ccc(F)cc1F. The van der Waals surface area contributed by atoms with Crippen molar-refractivity contribution < 1.29 is 13.9 Å². The molecule has 14 heteroatoms. The number of benzene rings is 3. The average molecular weight is 627 g/mol. The third kappa shape index (κ3) is 5.99. The maximum Gasteiger partial charge on any atom is 0.350 e. The highest BCUT2D eigenvalue weighted by molar-refractivity contribution is 6.36. The minimum absolute atomic E-state index is 0.200. The van der Waals surface area contributed by atoms with E-state index in [1.807, 2.05) is 36.4 Å². The van der Waals surface area contributed by atoms with Crippen LogP contribution in [0.3, 0.4) is 0 Å². The van der Waals surface area contributed by atoms with E-state index < -0.39 is 29.5 Å². The van der Waals surface area contributed by atoms with Crippen molar-refractivity contribution >= 4 is 34.6 Å². The number of hydrogen-bond acceptors (Lipinski definition) is 7. The average Bonchev–Trinajstić information content (AvgIpc) is 3.62. The van der Waals surface area contributed by atoms with Gasteiger partial charge in [-0.25, -0.2) is 32.5 Å². The zero-order valence-corrected chi connectivity index (χ0v) is 24.2. The Bertz CT molecular complexity index is 1790. The topological polar surface area (TPSA) is 97.2 Å². The lowest BCUT2D eigenvalue weighted by molar-refractivity contribution is -0.00948. The van der Waals surface area contributed by atoms with Crippen LogP contribution in [0.5, 0.6) is 0 Å². The number of piperazine rings is 1. The molecule has 222 valence electrons. The van der Waals surface area contributed by atoms with Crippen molar-refractivity contribution in [1.82, 2.24) is 29.1 Å². The number of aliphatic hydroxyl groups is 1. The van der Waals surface area contributed by atoms with Gasteiger partial charge in [0, 0.05) is 48.5 Å². The van der Waals surface area contributed by atoms with E-state index in [4.69, 9.17) is 23.2 Å². The number of aromatic nitrogens is 6. The van der Waals surface area contributed by atoms with Crippen molar-refractivity contribution in [2.24, 2.45) is 0 Å². The molecular formula is C29H26Cl2F2N8O2. The second-order valence-corrected chi connectivity index (χ2v) is 11.1. The Balaban J connectivity index is 1.18. The molecule has 10 nitrogen and oxygen atoms in total. The summed E-state index contributed by atoms with van der Waals surface area (Å²) in [6.45, 7) is 2.45. The summed E-state index contributed by atoms with van der Waals surface area (Å²) < 4.78 is 32.1. The monoisotopic (exact) mass is 626 g/mol. The van der Waals surface area contributed by atoms with Crippen LogP contribution in [0.15, 0.2) is 84.4 Å². The molecule has 6 rings (SSSR count). The van der Waals surface area contributed by atoms with Crippen LogP contribution >= 0.6 is 23.2 Å². The smallest absolute Gasteiger partial charge is 0.350 e. The minimum Gasteiger partial charge on any atom is -0.381 e. The molecule has 3 heterocycles. The predicted molar refractivity (Wildman–Crippen MR) is 159 cm³/mol. The molecule has 0 spiro atoms. The first-order valence-corrected chi connectivity index (χ1v) is 14.2. The molecule has 1 aliphatic heterocycles. The van der Waals surface area contributed by atoms with Crippen LogP contribution in [0.4, 0.5) is 20.2 Å². The van der Waals surface area contributed by atoms with Crippen LogP contribution in [0, 0.1) is 11.6 Å². The molecule has 0 saturated carbocycles. The van der Waals surface area contributed by atoms with Gasteiger partial charge < -0.3 is 14.9 Å². The quantitative estimate of drug-likeness (QED) is 0.277. The largest absolute Gasteiger partial charge is 0.381 e. The number of nitrogens with zero attached hydrogens (tertiary/aromatic N) is 8. The van der Waals surface area contributed by atoms with Crippen molar-refractivity contribution in [2.45, 2.75) is 18.7 Å². The predicted octanol–water partition coefficient (Wildman–Crippen LogP) is 4.13. The van der Waals surface area contributed by atoms with Crippen LogP contribution in [-0.4, -0.2) is 60.4 Å². The summed E-state index contributed by atoms with van der Waals surface area (Å²) in [6, 6.07) is 15.8. The summed E-state index contributed by atoms with van der Waals surface area (Å²) >= 11 is 12.4. The Labute approximate surface area is 254 Å². The van der Waals surface area contributed by atoms with Gasteiger partial charge in [0.2, 0.25) is 0 Å². The molecule has 1 atom stereocenters. The summed E-state index contributed by atoms with van der Waals surface area (Å²) in [5, 5.41) is 21.0. The van der Waals surface area contributed by atoms with Crippen LogP contribution < -0.4 is 15.5 Å². The van der Waals surface area contributed by atoms with E-state index in [9.17, 15) is 18.7 Å². The van der Waals surface area contributed by atoms with E-state index in [1.165, 1.54) is 28.2 Å². The highest BCUT2D eigenvalue weighted by Gasteiger charge is 2.35. The fourth-order valence-electron chi connectivity index (χ4n) is 5.31. The number of anilines is 2. The molecule has 0 aliphatic carbocycles. The lowest BCUT2D eigenvalue weighted by Gasteiger charge is -2.37. The number of rotatable bonds is 8. The van der Waals surface area contributed by atoms with Gasteiger partial charge in [-0.2, -0.15) is 10.2 Å². The summed E-state index contributed by atoms with van der Waals surface area (Å²) in [6.07, 6.45) is 3.95. The van der Waals surface area contributed by atoms with Gasteiger partial charge in [0.25, 0.3) is 0 Å². The van der Waals surface area contributed by atoms with Crippen LogP contribution in [-0.2, 0) is 18.7 Å². The van der Waals surface area contributed by atoms with Crippen molar-refractivity contribution in [2.75, 3.05) is 36.0 Å². The van der Waals surface area contributed by atoms with Gasteiger partial charge >= 0.3 is 5.69 Å². The van der Waals surface area contributed by atoms with Crippen molar-refractivity contribution in [3.8, 4) is 5.69 Å². The molecule has 0 radical (unpaired) electrons. The van der Waals surface area contributed by atoms with Crippen molar-refractivity contribution in [3.05, 3.63) is 117 Å². The lowest BCUT2D eigenvalue weighted by Crippen LogP contribution is -2.46. The van der Waals surface area contributed by atoms with Gasteiger partial charge in [-0.15, -0.1) is 0 Å². The number of halogens is 4. The van der Waals surface area contributed by atoms with Gasteiger partial charge in [0.15, 0.2) is 0 Å². The van der Waals surface area contributed by atoms with Gasteiger partial charge in [-0.1, -0.05) is 29.3 Å². The highest BCUT2D eigenvalue weighted by Crippen LogP contribution is 2.31. The zero-order chi connectivity index (χ0) is 30.1. The minimum atomic E-state index is -1.99. The standard InChI is InChI=1S/C29H26Cl2F2N8O2/c30-20-1-8-27(25(31)13-20)38-11-9-37(10-12-38)22-3-5-23(6-4-22)40-19-36-41(28(40)42)16-29(43,15-39-18-34-17-35-39)24-7-2-21(32)14-26(24)33/h1-8,13-14,17-19,43H,9-12,15-16H2. The Kier molecular flexibility index (Phi) is 7.91. The molecule has 1 N–H and O–H groups in total. The first-order chi connectivity index (χ1) is 20.7. The summed E-state index contributed by atoms with van der Waals surface area (Å²) in [7, 11) is 0. The first kappa shape index (κ1) is 28.8. The molecule has 0 amide bonds. The molecular weight excluding hydrogens is 601 g/mol. The molecule has 1 unspecified atom stereocenters. The van der Waals surface area contributed by atoms with Crippen LogP contribution in [0.25, 0.3) is 5.69 Å². The third-order valence-corrected chi connectivity index (χ3v) is 8.03. The Hall–Kier alpha value is -4.26. The van der Waals surface area contributed by atoms with Gasteiger partial charge in [0.1, 0.15) is 36.2 Å². The van der Waals surface area contributed by atoms with Gasteiger partial charge in [-0.05, 0) is 48.5 Å². The second-order valence-electron chi connectivity index (χ2n) is 10.3. The fraction of sp³-hybridized carbons (Fsp3) is 0.241. The Morgan fingerprint density at radius 3 is 2.23 bits per heavy atom. The molecule has 1 aliphatic rings. The summed E-state index contributed by atoms with van der Waals surface area (Å²) in [4.78, 5) is 21.7. The number of hydrogen-bond donors (Lipinski definition) is 1. The maximum atomic E-state index is 14.8. The molecule has 1 fully saturated rings. The normalized spacial score (nSPS) is 15.1. The molecule has 3 aromatic carbocycles. The van der Waals surface area contributed by atoms with E-state index in [0.717, 1.165) is 54.4 Å². The Morgan fingerprint density at radius 2 is 1.56 bits per heavy atom. The van der Waals surface area contributed by atoms with Crippen LogP contribution in [0.1, 0.15) is 5.56 Å². The van der Waals surface area contributed by atoms with E-state index in [1.54, 1.807) is 6.07 Å². The van der Waals surface area contributed by atoms with Crippen LogP contribution in [0.2, 0.25) is 10.0 Å². The van der Waals surface area contributed by atoms with Crippen molar-refractivity contribution in [1.29, 1.82) is 0 Å². The molecule has 1 saturated heterocycles. The van der Waals surface area contributed by atoms with E-state index in [0.29, 0.717) is 21.8 Å². The summed E-state index contributed by atoms with van der Waals surface area (Å²) in [5.41, 5.74) is -0.210. The van der Waals surface area contributed by atoms with Crippen molar-refractivity contribution in [3.63, 3.8) is 0 Å². The second kappa shape index (κ2) is 11.8. The Morgan fingerprint density at radius 1 is 0.837 bits per heavy atom.